The van der Waals surface area contributed by atoms with Crippen LogP contribution < -0.4 is 5.56 Å². The predicted octanol–water partition coefficient (Wildman–Crippen LogP) is 1.82. The predicted molar refractivity (Wildman–Crippen MR) is 93.8 cm³/mol. The summed E-state index contributed by atoms with van der Waals surface area (Å²) in [4.78, 5) is 12.8. The largest absolute Gasteiger partial charge is 0.385 e. The summed E-state index contributed by atoms with van der Waals surface area (Å²) >= 11 is 1.56. The third-order valence-corrected chi connectivity index (χ3v) is 4.62. The number of hydrogen-bond acceptors (Lipinski definition) is 6. The van der Waals surface area contributed by atoms with Crippen molar-refractivity contribution in [2.75, 3.05) is 33.2 Å². The van der Waals surface area contributed by atoms with Gasteiger partial charge in [0.05, 0.1) is 17.5 Å². The fraction of sp³-hybridized carbons (Fsp3) is 0.438. The molecule has 0 bridgehead atoms. The molecule has 128 valence electrons. The van der Waals surface area contributed by atoms with Crippen LogP contribution in [0, 0.1) is 0 Å². The SMILES string of the molecule is COCCCn1c(=O)c2ccccc2n2c(SCCOC)nnc12. The van der Waals surface area contributed by atoms with E-state index in [0.29, 0.717) is 30.9 Å². The first-order valence-electron chi connectivity index (χ1n) is 7.75. The van der Waals surface area contributed by atoms with Crippen molar-refractivity contribution in [1.29, 1.82) is 0 Å². The topological polar surface area (TPSA) is 70.7 Å². The number of hydrogen-bond donors (Lipinski definition) is 0. The first-order valence-corrected chi connectivity index (χ1v) is 8.74. The van der Waals surface area contributed by atoms with E-state index in [4.69, 9.17) is 9.47 Å². The van der Waals surface area contributed by atoms with Gasteiger partial charge in [-0.15, -0.1) is 10.2 Å². The Kier molecular flexibility index (Phi) is 5.49. The molecule has 0 spiro atoms. The molecular formula is C16H20N4O3S. The molecule has 0 unspecified atom stereocenters. The van der Waals surface area contributed by atoms with Crippen LogP contribution in [-0.2, 0) is 16.0 Å². The number of aryl methyl sites for hydroxylation is 1. The van der Waals surface area contributed by atoms with Crippen molar-refractivity contribution in [2.45, 2.75) is 18.1 Å². The van der Waals surface area contributed by atoms with E-state index >= 15 is 0 Å². The summed E-state index contributed by atoms with van der Waals surface area (Å²) in [7, 11) is 3.33. The molecule has 0 N–H and O–H groups in total. The Bertz CT molecular complexity index is 890. The maximum Gasteiger partial charge on any atom is 0.262 e. The van der Waals surface area contributed by atoms with E-state index < -0.39 is 0 Å². The fourth-order valence-electron chi connectivity index (χ4n) is 2.61. The molecule has 0 aliphatic rings. The van der Waals surface area contributed by atoms with Crippen molar-refractivity contribution in [3.05, 3.63) is 34.6 Å². The highest BCUT2D eigenvalue weighted by molar-refractivity contribution is 7.99. The summed E-state index contributed by atoms with van der Waals surface area (Å²) in [6.45, 7) is 1.77. The molecule has 0 saturated heterocycles. The number of ether oxygens (including phenoxy) is 2. The van der Waals surface area contributed by atoms with Crippen molar-refractivity contribution < 1.29 is 9.47 Å². The van der Waals surface area contributed by atoms with Gasteiger partial charge in [-0.2, -0.15) is 0 Å². The number of para-hydroxylation sites is 1. The first kappa shape index (κ1) is 16.9. The molecule has 0 saturated carbocycles. The standard InChI is InChI=1S/C16H20N4O3S/c1-22-9-5-8-19-14(21)12-6-3-4-7-13(12)20-15(19)17-18-16(20)24-11-10-23-2/h3-4,6-7H,5,8-11H2,1-2H3. The maximum atomic E-state index is 12.8. The van der Waals surface area contributed by atoms with Gasteiger partial charge in [0.2, 0.25) is 5.78 Å². The monoisotopic (exact) mass is 348 g/mol. The van der Waals surface area contributed by atoms with Crippen LogP contribution in [-0.4, -0.2) is 52.4 Å². The third kappa shape index (κ3) is 3.17. The molecule has 24 heavy (non-hydrogen) atoms. The second-order valence-corrected chi connectivity index (χ2v) is 6.34. The molecule has 0 fully saturated rings. The van der Waals surface area contributed by atoms with Crippen LogP contribution in [0.15, 0.2) is 34.2 Å². The molecule has 0 radical (unpaired) electrons. The van der Waals surface area contributed by atoms with Gasteiger partial charge in [-0.1, -0.05) is 23.9 Å². The Morgan fingerprint density at radius 1 is 1.12 bits per heavy atom. The van der Waals surface area contributed by atoms with Gasteiger partial charge in [-0.3, -0.25) is 13.8 Å². The van der Waals surface area contributed by atoms with Gasteiger partial charge in [0.25, 0.3) is 5.56 Å². The van der Waals surface area contributed by atoms with E-state index in [9.17, 15) is 4.79 Å². The van der Waals surface area contributed by atoms with Crippen LogP contribution in [0.2, 0.25) is 0 Å². The molecule has 0 aliphatic heterocycles. The van der Waals surface area contributed by atoms with Crippen LogP contribution in [0.1, 0.15) is 6.42 Å². The molecule has 2 heterocycles. The molecule has 3 aromatic rings. The van der Waals surface area contributed by atoms with Gasteiger partial charge in [0.1, 0.15) is 0 Å². The zero-order chi connectivity index (χ0) is 16.9. The summed E-state index contributed by atoms with van der Waals surface area (Å²) in [6.07, 6.45) is 0.740. The number of aromatic nitrogens is 4. The van der Waals surface area contributed by atoms with Gasteiger partial charge in [0, 0.05) is 33.1 Å². The lowest BCUT2D eigenvalue weighted by Crippen LogP contribution is -2.24. The van der Waals surface area contributed by atoms with Crippen molar-refractivity contribution in [3.63, 3.8) is 0 Å². The normalized spacial score (nSPS) is 11.6. The van der Waals surface area contributed by atoms with Gasteiger partial charge in [0.15, 0.2) is 5.16 Å². The van der Waals surface area contributed by atoms with Crippen LogP contribution in [0.3, 0.4) is 0 Å². The van der Waals surface area contributed by atoms with E-state index in [1.54, 1.807) is 30.5 Å². The van der Waals surface area contributed by atoms with Crippen LogP contribution >= 0.6 is 11.8 Å². The van der Waals surface area contributed by atoms with Crippen molar-refractivity contribution in [2.24, 2.45) is 0 Å². The Hall–Kier alpha value is -1.90. The summed E-state index contributed by atoms with van der Waals surface area (Å²) in [5, 5.41) is 9.96. The van der Waals surface area contributed by atoms with Gasteiger partial charge in [-0.05, 0) is 18.6 Å². The molecule has 0 amide bonds. The fourth-order valence-corrected chi connectivity index (χ4v) is 3.45. The maximum absolute atomic E-state index is 12.8. The van der Waals surface area contributed by atoms with Crippen molar-refractivity contribution in [3.8, 4) is 0 Å². The molecular weight excluding hydrogens is 328 g/mol. The third-order valence-electron chi connectivity index (χ3n) is 3.73. The number of fused-ring (bicyclic) bond motifs is 3. The highest BCUT2D eigenvalue weighted by atomic mass is 32.2. The summed E-state index contributed by atoms with van der Waals surface area (Å²) in [6, 6.07) is 7.55. The summed E-state index contributed by atoms with van der Waals surface area (Å²) < 4.78 is 13.8. The molecule has 8 heteroatoms. The lowest BCUT2D eigenvalue weighted by Gasteiger charge is -2.11. The lowest BCUT2D eigenvalue weighted by atomic mass is 10.2. The van der Waals surface area contributed by atoms with Gasteiger partial charge >= 0.3 is 0 Å². The molecule has 2 aromatic heterocycles. The second kappa shape index (κ2) is 7.78. The average molecular weight is 348 g/mol. The molecule has 7 nitrogen and oxygen atoms in total. The number of rotatable bonds is 8. The quantitative estimate of drug-likeness (QED) is 0.457. The minimum Gasteiger partial charge on any atom is -0.385 e. The van der Waals surface area contributed by atoms with Crippen LogP contribution in [0.4, 0.5) is 0 Å². The van der Waals surface area contributed by atoms with Crippen LogP contribution in [0.5, 0.6) is 0 Å². The Morgan fingerprint density at radius 3 is 2.71 bits per heavy atom. The highest BCUT2D eigenvalue weighted by Gasteiger charge is 2.16. The minimum absolute atomic E-state index is 0.0463. The summed E-state index contributed by atoms with van der Waals surface area (Å²) in [5.41, 5.74) is 0.778. The minimum atomic E-state index is -0.0463. The van der Waals surface area contributed by atoms with Crippen molar-refractivity contribution >= 4 is 28.4 Å². The number of thioether (sulfide) groups is 1. The number of methoxy groups -OCH3 is 2. The van der Waals surface area contributed by atoms with E-state index in [0.717, 1.165) is 22.8 Å². The van der Waals surface area contributed by atoms with Gasteiger partial charge in [-0.25, -0.2) is 0 Å². The smallest absolute Gasteiger partial charge is 0.262 e. The number of benzene rings is 1. The van der Waals surface area contributed by atoms with Gasteiger partial charge < -0.3 is 9.47 Å². The molecule has 3 rings (SSSR count). The first-order chi connectivity index (χ1) is 11.8. The molecule has 1 aromatic carbocycles. The second-order valence-electron chi connectivity index (χ2n) is 5.28. The Labute approximate surface area is 143 Å². The zero-order valence-corrected chi connectivity index (χ0v) is 14.6. The zero-order valence-electron chi connectivity index (χ0n) is 13.8. The Morgan fingerprint density at radius 2 is 1.92 bits per heavy atom. The van der Waals surface area contributed by atoms with E-state index in [1.165, 1.54) is 0 Å². The average Bonchev–Trinajstić information content (AvgIpc) is 3.02. The molecule has 0 aliphatic carbocycles. The van der Waals surface area contributed by atoms with E-state index in [2.05, 4.69) is 10.2 Å². The van der Waals surface area contributed by atoms with Crippen LogP contribution in [0.25, 0.3) is 16.7 Å². The summed E-state index contributed by atoms with van der Waals surface area (Å²) in [5.74, 6) is 1.34. The van der Waals surface area contributed by atoms with E-state index in [1.807, 2.05) is 28.7 Å². The molecule has 0 atom stereocenters. The van der Waals surface area contributed by atoms with Crippen molar-refractivity contribution in [1.82, 2.24) is 19.2 Å². The highest BCUT2D eigenvalue weighted by Crippen LogP contribution is 2.21. The lowest BCUT2D eigenvalue weighted by molar-refractivity contribution is 0.190. The van der Waals surface area contributed by atoms with E-state index in [-0.39, 0.29) is 5.56 Å². The number of nitrogens with zero attached hydrogens (tertiary/aromatic N) is 4. The Balaban J connectivity index is 2.15.